The van der Waals surface area contributed by atoms with Gasteiger partial charge in [0, 0.05) is 0 Å². The van der Waals surface area contributed by atoms with Gasteiger partial charge in [-0.05, 0) is 0 Å². The molecule has 0 atom stereocenters. The van der Waals surface area contributed by atoms with Crippen LogP contribution in [0.2, 0.25) is 0 Å². The predicted molar refractivity (Wildman–Crippen MR) is 42.4 cm³/mol. The molecule has 1 rings (SSSR count). The van der Waals surface area contributed by atoms with Gasteiger partial charge >= 0.3 is 66.9 Å². The summed E-state index contributed by atoms with van der Waals surface area (Å²) >= 11 is 5.98. The molecule has 0 saturated carbocycles. The van der Waals surface area contributed by atoms with Gasteiger partial charge < -0.3 is 0 Å². The molecule has 0 spiro atoms. The van der Waals surface area contributed by atoms with E-state index in [1.54, 1.807) is 8.74 Å². The van der Waals surface area contributed by atoms with Crippen LogP contribution in [0.5, 0.6) is 0 Å². The summed E-state index contributed by atoms with van der Waals surface area (Å²) in [5, 5.41) is 1.71. The molecule has 0 amide bonds. The normalized spacial score (nSPS) is 16.8. The van der Waals surface area contributed by atoms with E-state index in [0.29, 0.717) is 29.9 Å². The van der Waals surface area contributed by atoms with Crippen molar-refractivity contribution in [2.24, 2.45) is 0 Å². The van der Waals surface area contributed by atoms with E-state index in [-0.39, 0.29) is 0 Å². The molecular formula is C5H4SSe2. The zero-order chi connectivity index (χ0) is 5.82. The van der Waals surface area contributed by atoms with Crippen LogP contribution in [0.25, 0.3) is 0 Å². The van der Waals surface area contributed by atoms with Gasteiger partial charge in [-0.2, -0.15) is 0 Å². The van der Waals surface area contributed by atoms with E-state index >= 15 is 0 Å². The Bertz CT molecular complexity index is 139. The Kier molecular flexibility index (Phi) is 3.03. The first-order chi connectivity index (χ1) is 3.93. The molecule has 0 aromatic heterocycles. The molecule has 0 bridgehead atoms. The molecule has 1 aliphatic rings. The van der Waals surface area contributed by atoms with Crippen molar-refractivity contribution in [2.45, 2.75) is 0 Å². The summed E-state index contributed by atoms with van der Waals surface area (Å²) in [6.07, 6.45) is 2.06. The van der Waals surface area contributed by atoms with Gasteiger partial charge in [0.2, 0.25) is 0 Å². The average Bonchev–Trinajstić information content (AvgIpc) is 2.19. The van der Waals surface area contributed by atoms with E-state index in [4.69, 9.17) is 0 Å². The van der Waals surface area contributed by atoms with Crippen LogP contribution in [0.3, 0.4) is 0 Å². The summed E-state index contributed by atoms with van der Waals surface area (Å²) < 4.78 is 1.56. The number of thiocarbonyl (C=S) groups is 1. The molecule has 0 radical (unpaired) electrons. The fraction of sp³-hybridized carbons (Fsp3) is 0. The summed E-state index contributed by atoms with van der Waals surface area (Å²) in [4.78, 5) is 4.52. The Morgan fingerprint density at radius 1 is 1.38 bits per heavy atom. The molecular weight excluding hydrogens is 250 g/mol. The maximum atomic E-state index is 4.68. The van der Waals surface area contributed by atoms with Gasteiger partial charge in [-0.1, -0.05) is 0 Å². The molecule has 1 heterocycles. The van der Waals surface area contributed by atoms with E-state index < -0.39 is 0 Å². The first-order valence-electron chi connectivity index (χ1n) is 2.07. The monoisotopic (exact) mass is 256 g/mol. The van der Waals surface area contributed by atoms with Crippen molar-refractivity contribution in [2.75, 3.05) is 0 Å². The van der Waals surface area contributed by atoms with Crippen LogP contribution in [-0.2, 0) is 0 Å². The summed E-state index contributed by atoms with van der Waals surface area (Å²) in [6.45, 7) is 0. The third-order valence-corrected chi connectivity index (χ3v) is 6.42. The Morgan fingerprint density at radius 3 is 2.50 bits per heavy atom. The van der Waals surface area contributed by atoms with E-state index in [2.05, 4.69) is 28.2 Å². The fourth-order valence-electron chi connectivity index (χ4n) is 0.352. The number of allylic oxidation sites excluding steroid dienone is 1. The predicted octanol–water partition coefficient (Wildman–Crippen LogP) is 0.721. The Hall–Kier alpha value is 0.609. The zero-order valence-electron chi connectivity index (χ0n) is 4.03. The summed E-state index contributed by atoms with van der Waals surface area (Å²) in [7, 11) is 0. The van der Waals surface area contributed by atoms with Crippen LogP contribution < -0.4 is 0 Å². The first-order valence-corrected chi connectivity index (χ1v) is 6.23. The Balaban J connectivity index is 2.50. The van der Waals surface area contributed by atoms with Gasteiger partial charge in [0.05, 0.1) is 0 Å². The zero-order valence-corrected chi connectivity index (χ0v) is 8.28. The van der Waals surface area contributed by atoms with Crippen LogP contribution in [-0.4, -0.2) is 35.3 Å². The van der Waals surface area contributed by atoms with Crippen LogP contribution in [0.15, 0.2) is 19.4 Å². The molecule has 1 aliphatic heterocycles. The summed E-state index contributed by atoms with van der Waals surface area (Å²) in [6, 6.07) is 0. The third-order valence-electron chi connectivity index (χ3n) is 0.628. The van der Waals surface area contributed by atoms with Crippen molar-refractivity contribution in [1.82, 2.24) is 0 Å². The Morgan fingerprint density at radius 2 is 2.00 bits per heavy atom. The topological polar surface area (TPSA) is 0 Å². The van der Waals surface area contributed by atoms with E-state index in [0.717, 1.165) is 0 Å². The molecule has 0 fully saturated rings. The van der Waals surface area contributed by atoms with Gasteiger partial charge in [0.25, 0.3) is 0 Å². The molecule has 8 heavy (non-hydrogen) atoms. The van der Waals surface area contributed by atoms with Crippen molar-refractivity contribution in [3.63, 3.8) is 0 Å². The van der Waals surface area contributed by atoms with Crippen molar-refractivity contribution in [1.29, 1.82) is 0 Å². The van der Waals surface area contributed by atoms with Crippen LogP contribution in [0.4, 0.5) is 0 Å². The van der Waals surface area contributed by atoms with Gasteiger partial charge in [0.1, 0.15) is 0 Å². The second-order valence-corrected chi connectivity index (χ2v) is 6.69. The molecule has 0 aromatic rings. The number of rotatable bonds is 1. The van der Waals surface area contributed by atoms with Crippen molar-refractivity contribution in [3.8, 4) is 0 Å². The van der Waals surface area contributed by atoms with E-state index in [9.17, 15) is 0 Å². The molecule has 0 saturated heterocycles. The average molecular weight is 254 g/mol. The number of hydrogen-bond acceptors (Lipinski definition) is 1. The van der Waals surface area contributed by atoms with Crippen molar-refractivity contribution in [3.05, 3.63) is 19.4 Å². The maximum absolute atomic E-state index is 4.68. The molecule has 0 aromatic carbocycles. The minimum atomic E-state index is 0.648. The van der Waals surface area contributed by atoms with Gasteiger partial charge in [0.15, 0.2) is 0 Å². The van der Waals surface area contributed by atoms with Crippen molar-refractivity contribution < 1.29 is 0 Å². The first kappa shape index (κ1) is 6.73. The SMILES string of the molecule is S=CC=C1[Se]C=C[Se]1. The van der Waals surface area contributed by atoms with Crippen LogP contribution in [0, 0.1) is 0 Å². The molecule has 0 nitrogen and oxygen atoms in total. The fourth-order valence-corrected chi connectivity index (χ4v) is 5.43. The third kappa shape index (κ3) is 1.85. The van der Waals surface area contributed by atoms with Gasteiger partial charge in [-0.25, -0.2) is 0 Å². The summed E-state index contributed by atoms with van der Waals surface area (Å²) in [5.74, 6) is 0. The second-order valence-electron chi connectivity index (χ2n) is 1.13. The Labute approximate surface area is 66.7 Å². The number of hydrogen-bond donors (Lipinski definition) is 0. The van der Waals surface area contributed by atoms with Gasteiger partial charge in [-0.3, -0.25) is 0 Å². The molecule has 0 aliphatic carbocycles. The van der Waals surface area contributed by atoms with Crippen LogP contribution >= 0.6 is 12.2 Å². The van der Waals surface area contributed by atoms with E-state index in [1.807, 2.05) is 0 Å². The quantitative estimate of drug-likeness (QED) is 0.377. The van der Waals surface area contributed by atoms with E-state index in [1.165, 1.54) is 0 Å². The van der Waals surface area contributed by atoms with Crippen LogP contribution in [0.1, 0.15) is 0 Å². The van der Waals surface area contributed by atoms with Gasteiger partial charge in [-0.15, -0.1) is 0 Å². The molecule has 0 unspecified atom stereocenters. The molecule has 0 N–H and O–H groups in total. The standard InChI is InChI=1S/C5H4SSe2/c6-2-1-5-7-3-4-8-5/h1-4H. The second kappa shape index (κ2) is 3.60. The molecule has 42 valence electrons. The molecule has 3 heteroatoms. The van der Waals surface area contributed by atoms with Crippen molar-refractivity contribution >= 4 is 47.5 Å². The summed E-state index contributed by atoms with van der Waals surface area (Å²) in [5.41, 5.74) is 0. The minimum absolute atomic E-state index is 0.648.